The first-order valence-corrected chi connectivity index (χ1v) is 10.0. The van der Waals surface area contributed by atoms with E-state index in [0.29, 0.717) is 26.6 Å². The first-order valence-electron chi connectivity index (χ1n) is 7.38. The molecule has 2 aromatic carbocycles. The summed E-state index contributed by atoms with van der Waals surface area (Å²) in [6.45, 7) is 0.573. The second kappa shape index (κ2) is 10.3. The van der Waals surface area contributed by atoms with Gasteiger partial charge in [0.05, 0.1) is 10.0 Å². The lowest BCUT2D eigenvalue weighted by molar-refractivity contribution is -0.116. The minimum atomic E-state index is -0.166. The zero-order valence-electron chi connectivity index (χ0n) is 13.1. The van der Waals surface area contributed by atoms with Gasteiger partial charge in [-0.05, 0) is 41.5 Å². The van der Waals surface area contributed by atoms with Gasteiger partial charge in [-0.15, -0.1) is 0 Å². The number of hydrogen-bond donors (Lipinski definition) is 1. The third-order valence-electron chi connectivity index (χ3n) is 3.18. The second-order valence-corrected chi connectivity index (χ2v) is 7.85. The fraction of sp³-hybridized carbons (Fsp3) is 0.167. The SMILES string of the molecule is O=C(/C=C/c1ccc(Cl)cc1Cl)NCCSCc1ccc(Cl)c(Cl)c1. The molecule has 25 heavy (non-hydrogen) atoms. The zero-order chi connectivity index (χ0) is 18.2. The molecule has 2 rings (SSSR count). The van der Waals surface area contributed by atoms with Crippen LogP contribution in [0.25, 0.3) is 6.08 Å². The van der Waals surface area contributed by atoms with Crippen LogP contribution in [0.15, 0.2) is 42.5 Å². The van der Waals surface area contributed by atoms with Crippen molar-refractivity contribution in [2.45, 2.75) is 5.75 Å². The molecule has 0 aromatic heterocycles. The van der Waals surface area contributed by atoms with Crippen LogP contribution in [0.5, 0.6) is 0 Å². The number of carbonyl (C=O) groups excluding carboxylic acids is 1. The molecule has 0 aliphatic carbocycles. The summed E-state index contributed by atoms with van der Waals surface area (Å²) in [5, 5.41) is 5.00. The lowest BCUT2D eigenvalue weighted by Crippen LogP contribution is -2.23. The highest BCUT2D eigenvalue weighted by molar-refractivity contribution is 7.98. The molecule has 0 atom stereocenters. The van der Waals surface area contributed by atoms with Crippen molar-refractivity contribution in [2.75, 3.05) is 12.3 Å². The quantitative estimate of drug-likeness (QED) is 0.405. The van der Waals surface area contributed by atoms with Gasteiger partial charge in [-0.3, -0.25) is 4.79 Å². The third-order valence-corrected chi connectivity index (χ3v) is 5.51. The van der Waals surface area contributed by atoms with E-state index in [-0.39, 0.29) is 5.91 Å². The average Bonchev–Trinajstić information content (AvgIpc) is 2.57. The van der Waals surface area contributed by atoms with Crippen LogP contribution in [0.1, 0.15) is 11.1 Å². The van der Waals surface area contributed by atoms with Crippen molar-refractivity contribution < 1.29 is 4.79 Å². The summed E-state index contributed by atoms with van der Waals surface area (Å²) in [4.78, 5) is 11.8. The van der Waals surface area contributed by atoms with Gasteiger partial charge in [0.2, 0.25) is 5.91 Å². The predicted octanol–water partition coefficient (Wildman–Crippen LogP) is 6.36. The van der Waals surface area contributed by atoms with E-state index in [9.17, 15) is 4.79 Å². The number of rotatable bonds is 7. The van der Waals surface area contributed by atoms with E-state index in [4.69, 9.17) is 46.4 Å². The number of thioether (sulfide) groups is 1. The van der Waals surface area contributed by atoms with Crippen molar-refractivity contribution in [3.05, 3.63) is 73.7 Å². The molecule has 0 bridgehead atoms. The summed E-state index contributed by atoms with van der Waals surface area (Å²) < 4.78 is 0. The van der Waals surface area contributed by atoms with Gasteiger partial charge in [0.15, 0.2) is 0 Å². The smallest absolute Gasteiger partial charge is 0.244 e. The van der Waals surface area contributed by atoms with E-state index in [1.807, 2.05) is 12.1 Å². The Balaban J connectivity index is 1.69. The molecule has 0 saturated heterocycles. The zero-order valence-corrected chi connectivity index (χ0v) is 16.9. The van der Waals surface area contributed by atoms with Crippen LogP contribution in [0.3, 0.4) is 0 Å². The number of carbonyl (C=O) groups is 1. The van der Waals surface area contributed by atoms with Crippen molar-refractivity contribution in [1.29, 1.82) is 0 Å². The Kier molecular flexibility index (Phi) is 8.47. The molecule has 0 unspecified atom stereocenters. The maximum atomic E-state index is 11.8. The van der Waals surface area contributed by atoms with Gasteiger partial charge in [0, 0.05) is 34.2 Å². The predicted molar refractivity (Wildman–Crippen MR) is 111 cm³/mol. The Morgan fingerprint density at radius 2 is 1.80 bits per heavy atom. The van der Waals surface area contributed by atoms with E-state index >= 15 is 0 Å². The maximum absolute atomic E-state index is 11.8. The van der Waals surface area contributed by atoms with Gasteiger partial charge in [-0.1, -0.05) is 58.5 Å². The molecule has 0 radical (unpaired) electrons. The van der Waals surface area contributed by atoms with Gasteiger partial charge in [-0.2, -0.15) is 11.8 Å². The maximum Gasteiger partial charge on any atom is 0.244 e. The van der Waals surface area contributed by atoms with Gasteiger partial charge in [-0.25, -0.2) is 0 Å². The van der Waals surface area contributed by atoms with Crippen molar-refractivity contribution in [1.82, 2.24) is 5.32 Å². The molecule has 0 heterocycles. The van der Waals surface area contributed by atoms with Crippen LogP contribution < -0.4 is 5.32 Å². The first-order chi connectivity index (χ1) is 12.0. The Hall–Kier alpha value is -0.840. The molecule has 2 aromatic rings. The summed E-state index contributed by atoms with van der Waals surface area (Å²) in [6.07, 6.45) is 3.12. The molecule has 0 fully saturated rings. The minimum absolute atomic E-state index is 0.166. The Morgan fingerprint density at radius 3 is 2.52 bits per heavy atom. The van der Waals surface area contributed by atoms with Crippen molar-refractivity contribution >= 4 is 70.1 Å². The van der Waals surface area contributed by atoms with Crippen LogP contribution in [0.2, 0.25) is 20.1 Å². The summed E-state index contributed by atoms with van der Waals surface area (Å²) in [5.41, 5.74) is 1.85. The highest BCUT2D eigenvalue weighted by atomic mass is 35.5. The van der Waals surface area contributed by atoms with Gasteiger partial charge < -0.3 is 5.32 Å². The lowest BCUT2D eigenvalue weighted by atomic mass is 10.2. The van der Waals surface area contributed by atoms with Crippen molar-refractivity contribution in [3.63, 3.8) is 0 Å². The van der Waals surface area contributed by atoms with Crippen molar-refractivity contribution in [3.8, 4) is 0 Å². The molecular formula is C18H15Cl4NOS. The van der Waals surface area contributed by atoms with Crippen molar-refractivity contribution in [2.24, 2.45) is 0 Å². The van der Waals surface area contributed by atoms with E-state index < -0.39 is 0 Å². The molecule has 132 valence electrons. The summed E-state index contributed by atoms with van der Waals surface area (Å²) in [5.74, 6) is 1.44. The molecule has 1 N–H and O–H groups in total. The Bertz CT molecular complexity index is 780. The lowest BCUT2D eigenvalue weighted by Gasteiger charge is -2.05. The molecule has 2 nitrogen and oxygen atoms in total. The fourth-order valence-corrected chi connectivity index (χ4v) is 3.53. The number of benzene rings is 2. The number of hydrogen-bond acceptors (Lipinski definition) is 2. The molecular weight excluding hydrogens is 420 g/mol. The van der Waals surface area contributed by atoms with E-state index in [0.717, 1.165) is 22.6 Å². The normalized spacial score (nSPS) is 11.0. The Labute approximate surface area is 171 Å². The topological polar surface area (TPSA) is 29.1 Å². The highest BCUT2D eigenvalue weighted by Crippen LogP contribution is 2.24. The molecule has 0 aliphatic heterocycles. The monoisotopic (exact) mass is 433 g/mol. The Morgan fingerprint density at radius 1 is 1.00 bits per heavy atom. The molecule has 1 amide bonds. The second-order valence-electron chi connectivity index (χ2n) is 5.09. The van der Waals surface area contributed by atoms with Gasteiger partial charge in [0.1, 0.15) is 0 Å². The molecule has 7 heteroatoms. The fourth-order valence-electron chi connectivity index (χ4n) is 1.93. The molecule has 0 aliphatic rings. The van der Waals surface area contributed by atoms with E-state index in [1.54, 1.807) is 42.1 Å². The molecule has 0 saturated carbocycles. The third kappa shape index (κ3) is 7.12. The van der Waals surface area contributed by atoms with Crippen LogP contribution in [-0.2, 0) is 10.5 Å². The van der Waals surface area contributed by atoms with E-state index in [1.165, 1.54) is 6.08 Å². The summed E-state index contributed by atoms with van der Waals surface area (Å²) in [6, 6.07) is 10.7. The number of amides is 1. The van der Waals surface area contributed by atoms with Crippen LogP contribution in [-0.4, -0.2) is 18.2 Å². The average molecular weight is 435 g/mol. The summed E-state index contributed by atoms with van der Waals surface area (Å²) in [7, 11) is 0. The largest absolute Gasteiger partial charge is 0.352 e. The minimum Gasteiger partial charge on any atom is -0.352 e. The van der Waals surface area contributed by atoms with Gasteiger partial charge in [0.25, 0.3) is 0 Å². The summed E-state index contributed by atoms with van der Waals surface area (Å²) >= 11 is 25.4. The number of nitrogens with one attached hydrogen (secondary N) is 1. The van der Waals surface area contributed by atoms with Gasteiger partial charge >= 0.3 is 0 Å². The highest BCUT2D eigenvalue weighted by Gasteiger charge is 2.01. The standard InChI is InChI=1S/C18H15Cl4NOS/c19-14-4-2-13(16(21)10-14)3-6-18(24)23-7-8-25-11-12-1-5-15(20)17(22)9-12/h1-6,9-10H,7-8,11H2,(H,23,24)/b6-3+. The first kappa shape index (κ1) is 20.5. The molecule has 0 spiro atoms. The van der Waals surface area contributed by atoms with Crippen LogP contribution in [0, 0.1) is 0 Å². The van der Waals surface area contributed by atoms with Crippen LogP contribution >= 0.6 is 58.2 Å². The van der Waals surface area contributed by atoms with Crippen LogP contribution in [0.4, 0.5) is 0 Å². The number of halogens is 4. The van der Waals surface area contributed by atoms with E-state index in [2.05, 4.69) is 5.32 Å².